The molecule has 2 heterocycles. The average molecular weight is 306 g/mol. The van der Waals surface area contributed by atoms with Gasteiger partial charge < -0.3 is 10.2 Å². The van der Waals surface area contributed by atoms with Crippen molar-refractivity contribution in [3.05, 3.63) is 28.5 Å². The fourth-order valence-electron chi connectivity index (χ4n) is 2.14. The van der Waals surface area contributed by atoms with E-state index in [0.717, 1.165) is 23.3 Å². The summed E-state index contributed by atoms with van der Waals surface area (Å²) in [6.07, 6.45) is 4.54. The molecule has 20 heavy (non-hydrogen) atoms. The van der Waals surface area contributed by atoms with Crippen LogP contribution in [0.25, 0.3) is 0 Å². The second kappa shape index (κ2) is 6.01. The molecule has 1 saturated carbocycles. The number of thiophene rings is 1. The van der Waals surface area contributed by atoms with Crippen molar-refractivity contribution in [3.8, 4) is 0 Å². The van der Waals surface area contributed by atoms with Crippen LogP contribution in [0.5, 0.6) is 0 Å². The second-order valence-electron chi connectivity index (χ2n) is 4.84. The summed E-state index contributed by atoms with van der Waals surface area (Å²) in [7, 11) is 1.90. The molecule has 2 aromatic rings. The predicted octanol–water partition coefficient (Wildman–Crippen LogP) is 3.47. The van der Waals surface area contributed by atoms with Crippen molar-refractivity contribution in [2.24, 2.45) is 0 Å². The van der Waals surface area contributed by atoms with Gasteiger partial charge in [-0.25, -0.2) is 9.97 Å². The summed E-state index contributed by atoms with van der Waals surface area (Å²) in [6, 6.07) is 4.87. The monoisotopic (exact) mass is 306 g/mol. The van der Waals surface area contributed by atoms with Crippen molar-refractivity contribution < 1.29 is 0 Å². The minimum Gasteiger partial charge on any atom is -0.373 e. The minimum atomic E-state index is 0.629. The third-order valence-electron chi connectivity index (χ3n) is 3.35. The number of rotatable bonds is 6. The number of nitrogens with one attached hydrogen (secondary N) is 1. The smallest absolute Gasteiger partial charge is 0.191 e. The largest absolute Gasteiger partial charge is 0.373 e. The minimum absolute atomic E-state index is 0.629. The topological polar surface area (TPSA) is 41.0 Å². The normalized spacial score (nSPS) is 14.3. The maximum absolute atomic E-state index is 4.68. The van der Waals surface area contributed by atoms with Crippen LogP contribution >= 0.6 is 23.1 Å². The van der Waals surface area contributed by atoms with Crippen molar-refractivity contribution >= 4 is 34.7 Å². The van der Waals surface area contributed by atoms with Crippen LogP contribution in [0.2, 0.25) is 0 Å². The van der Waals surface area contributed by atoms with E-state index in [9.17, 15) is 0 Å². The Morgan fingerprint density at radius 1 is 1.45 bits per heavy atom. The first kappa shape index (κ1) is 13.7. The van der Waals surface area contributed by atoms with Gasteiger partial charge in [-0.3, -0.25) is 0 Å². The second-order valence-corrected chi connectivity index (χ2v) is 6.39. The van der Waals surface area contributed by atoms with E-state index in [0.29, 0.717) is 6.04 Å². The highest BCUT2D eigenvalue weighted by molar-refractivity contribution is 7.98. The van der Waals surface area contributed by atoms with E-state index >= 15 is 0 Å². The SMILES string of the molecule is CNc1cc(N(Cc2ccsc2)C2CC2)nc(SC)n1. The Morgan fingerprint density at radius 3 is 2.90 bits per heavy atom. The average Bonchev–Trinajstić information content (AvgIpc) is 3.20. The molecule has 0 aliphatic heterocycles. The van der Waals surface area contributed by atoms with Gasteiger partial charge in [0.25, 0.3) is 0 Å². The lowest BCUT2D eigenvalue weighted by molar-refractivity contribution is 0.764. The molecule has 3 rings (SSSR count). The molecule has 1 fully saturated rings. The van der Waals surface area contributed by atoms with Crippen LogP contribution < -0.4 is 10.2 Å². The van der Waals surface area contributed by atoms with Crippen LogP contribution in [0.1, 0.15) is 18.4 Å². The first-order valence-electron chi connectivity index (χ1n) is 6.68. The van der Waals surface area contributed by atoms with Crippen LogP contribution in [0.4, 0.5) is 11.6 Å². The van der Waals surface area contributed by atoms with Gasteiger partial charge in [0.2, 0.25) is 0 Å². The number of hydrogen-bond acceptors (Lipinski definition) is 6. The Kier molecular flexibility index (Phi) is 4.12. The van der Waals surface area contributed by atoms with Crippen LogP contribution in [0, 0.1) is 0 Å². The summed E-state index contributed by atoms with van der Waals surface area (Å²) >= 11 is 3.33. The van der Waals surface area contributed by atoms with Gasteiger partial charge in [-0.15, -0.1) is 0 Å². The third kappa shape index (κ3) is 3.07. The molecule has 0 radical (unpaired) electrons. The zero-order valence-electron chi connectivity index (χ0n) is 11.7. The van der Waals surface area contributed by atoms with Crippen molar-refractivity contribution in [1.29, 1.82) is 0 Å². The standard InChI is InChI=1S/C14H18N4S2/c1-15-12-7-13(17-14(16-12)19-2)18(11-3-4-11)8-10-5-6-20-9-10/h5-7,9,11H,3-4,8H2,1-2H3,(H,15,16,17). The highest BCUT2D eigenvalue weighted by Gasteiger charge is 2.30. The van der Waals surface area contributed by atoms with E-state index in [1.165, 1.54) is 18.4 Å². The lowest BCUT2D eigenvalue weighted by Crippen LogP contribution is -2.26. The maximum atomic E-state index is 4.68. The zero-order valence-corrected chi connectivity index (χ0v) is 13.3. The molecule has 0 amide bonds. The molecule has 4 nitrogen and oxygen atoms in total. The highest BCUT2D eigenvalue weighted by atomic mass is 32.2. The molecule has 0 aromatic carbocycles. The molecule has 0 saturated heterocycles. The van der Waals surface area contributed by atoms with Gasteiger partial charge in [-0.2, -0.15) is 11.3 Å². The van der Waals surface area contributed by atoms with Gasteiger partial charge in [0.15, 0.2) is 5.16 Å². The van der Waals surface area contributed by atoms with E-state index < -0.39 is 0 Å². The summed E-state index contributed by atoms with van der Waals surface area (Å²) in [5, 5.41) is 8.29. The lowest BCUT2D eigenvalue weighted by Gasteiger charge is -2.23. The molecule has 0 atom stereocenters. The van der Waals surface area contributed by atoms with Crippen molar-refractivity contribution in [3.63, 3.8) is 0 Å². The van der Waals surface area contributed by atoms with E-state index in [1.807, 2.05) is 19.4 Å². The number of anilines is 2. The van der Waals surface area contributed by atoms with E-state index in [2.05, 4.69) is 37.0 Å². The molecule has 6 heteroatoms. The zero-order chi connectivity index (χ0) is 13.9. The van der Waals surface area contributed by atoms with Gasteiger partial charge in [0.05, 0.1) is 0 Å². The molecular weight excluding hydrogens is 288 g/mol. The summed E-state index contributed by atoms with van der Waals surface area (Å²) in [5.41, 5.74) is 1.36. The van der Waals surface area contributed by atoms with E-state index in [1.54, 1.807) is 23.1 Å². The molecule has 0 bridgehead atoms. The summed E-state index contributed by atoms with van der Waals surface area (Å²) < 4.78 is 0. The first-order valence-corrected chi connectivity index (χ1v) is 8.85. The molecule has 0 spiro atoms. The van der Waals surface area contributed by atoms with Crippen molar-refractivity contribution in [1.82, 2.24) is 9.97 Å². The number of nitrogens with zero attached hydrogens (tertiary/aromatic N) is 3. The van der Waals surface area contributed by atoms with Gasteiger partial charge in [0.1, 0.15) is 11.6 Å². The Bertz CT molecular complexity index is 544. The molecule has 1 aliphatic rings. The summed E-state index contributed by atoms with van der Waals surface area (Å²) in [5.74, 6) is 1.91. The molecule has 0 unspecified atom stereocenters. The van der Waals surface area contributed by atoms with E-state index in [-0.39, 0.29) is 0 Å². The van der Waals surface area contributed by atoms with Gasteiger partial charge in [-0.05, 0) is 41.5 Å². The Labute approximate surface area is 127 Å². The Balaban J connectivity index is 1.90. The Hall–Kier alpha value is -1.27. The summed E-state index contributed by atoms with van der Waals surface area (Å²) in [4.78, 5) is 11.5. The molecule has 1 aliphatic carbocycles. The van der Waals surface area contributed by atoms with Crippen LogP contribution in [-0.4, -0.2) is 29.3 Å². The first-order chi connectivity index (χ1) is 9.80. The number of hydrogen-bond donors (Lipinski definition) is 1. The third-order valence-corrected chi connectivity index (χ3v) is 4.63. The molecule has 2 aromatic heterocycles. The summed E-state index contributed by atoms with van der Waals surface area (Å²) in [6.45, 7) is 0.933. The number of thioether (sulfide) groups is 1. The van der Waals surface area contributed by atoms with Crippen LogP contribution in [-0.2, 0) is 6.54 Å². The maximum Gasteiger partial charge on any atom is 0.191 e. The van der Waals surface area contributed by atoms with Gasteiger partial charge in [-0.1, -0.05) is 11.8 Å². The van der Waals surface area contributed by atoms with Crippen LogP contribution in [0.15, 0.2) is 28.0 Å². The fourth-order valence-corrected chi connectivity index (χ4v) is 3.18. The molecule has 106 valence electrons. The van der Waals surface area contributed by atoms with E-state index in [4.69, 9.17) is 0 Å². The Morgan fingerprint density at radius 2 is 2.30 bits per heavy atom. The predicted molar refractivity (Wildman–Crippen MR) is 86.9 cm³/mol. The van der Waals surface area contributed by atoms with Crippen molar-refractivity contribution in [2.75, 3.05) is 23.5 Å². The molecular formula is C14H18N4S2. The van der Waals surface area contributed by atoms with Crippen LogP contribution in [0.3, 0.4) is 0 Å². The highest BCUT2D eigenvalue weighted by Crippen LogP contribution is 2.33. The quantitative estimate of drug-likeness (QED) is 0.654. The fraction of sp³-hybridized carbons (Fsp3) is 0.429. The number of aromatic nitrogens is 2. The van der Waals surface area contributed by atoms with Gasteiger partial charge >= 0.3 is 0 Å². The molecule has 1 N–H and O–H groups in total. The van der Waals surface area contributed by atoms with Crippen molar-refractivity contribution in [2.45, 2.75) is 30.6 Å². The van der Waals surface area contributed by atoms with Gasteiger partial charge in [0, 0.05) is 25.7 Å². The lowest BCUT2D eigenvalue weighted by atomic mass is 10.3.